The normalized spacial score (nSPS) is 13.6. The Labute approximate surface area is 110 Å². The number of rotatable bonds is 5. The summed E-state index contributed by atoms with van der Waals surface area (Å²) in [5, 5.41) is 20.4. The molecule has 1 amide bonds. The van der Waals surface area contributed by atoms with Gasteiger partial charge < -0.3 is 15.5 Å². The number of hydrogen-bond acceptors (Lipinski definition) is 3. The van der Waals surface area contributed by atoms with Crippen molar-refractivity contribution in [1.29, 1.82) is 0 Å². The number of carbonyl (C=O) groups excluding carboxylic acids is 1. The minimum atomic E-state index is -1.16. The lowest BCUT2D eigenvalue weighted by atomic mass is 9.99. The second-order valence-corrected chi connectivity index (χ2v) is 4.34. The van der Waals surface area contributed by atoms with Gasteiger partial charge >= 0.3 is 5.97 Å². The van der Waals surface area contributed by atoms with Crippen molar-refractivity contribution in [3.05, 3.63) is 29.6 Å². The zero-order valence-electron chi connectivity index (χ0n) is 10.7. The van der Waals surface area contributed by atoms with Crippen molar-refractivity contribution in [3.8, 4) is 5.75 Å². The van der Waals surface area contributed by atoms with Crippen LogP contribution in [0.25, 0.3) is 0 Å². The molecule has 0 radical (unpaired) electrons. The second kappa shape index (κ2) is 6.17. The number of carbonyl (C=O) groups is 2. The molecule has 104 valence electrons. The van der Waals surface area contributed by atoms with Gasteiger partial charge in [-0.3, -0.25) is 4.79 Å². The van der Waals surface area contributed by atoms with Gasteiger partial charge in [-0.25, -0.2) is 9.18 Å². The summed E-state index contributed by atoms with van der Waals surface area (Å²) < 4.78 is 13.5. The van der Waals surface area contributed by atoms with Gasteiger partial charge in [0.15, 0.2) is 0 Å². The molecular weight excluding hydrogens is 253 g/mol. The van der Waals surface area contributed by atoms with E-state index < -0.39 is 23.7 Å². The third kappa shape index (κ3) is 3.67. The predicted octanol–water partition coefficient (Wildman–Crippen LogP) is 1.76. The molecule has 3 N–H and O–H groups in total. The van der Waals surface area contributed by atoms with Crippen LogP contribution in [0.2, 0.25) is 0 Å². The fourth-order valence-electron chi connectivity index (χ4n) is 1.59. The van der Waals surface area contributed by atoms with E-state index in [-0.39, 0.29) is 17.2 Å². The molecule has 0 saturated heterocycles. The van der Waals surface area contributed by atoms with Crippen LogP contribution in [0.3, 0.4) is 0 Å². The highest BCUT2D eigenvalue weighted by Crippen LogP contribution is 2.16. The molecule has 1 aromatic carbocycles. The Morgan fingerprint density at radius 3 is 2.53 bits per heavy atom. The zero-order chi connectivity index (χ0) is 14.6. The summed E-state index contributed by atoms with van der Waals surface area (Å²) in [6.07, 6.45) is 0.565. The molecule has 1 aromatic rings. The molecule has 0 aliphatic carbocycles. The molecular formula is C13H16FNO4. The van der Waals surface area contributed by atoms with Gasteiger partial charge in [-0.15, -0.1) is 0 Å². The van der Waals surface area contributed by atoms with Crippen LogP contribution in [0.5, 0.6) is 5.75 Å². The van der Waals surface area contributed by atoms with E-state index in [9.17, 15) is 14.0 Å². The Morgan fingerprint density at radius 1 is 1.42 bits per heavy atom. The molecule has 1 rings (SSSR count). The average molecular weight is 269 g/mol. The van der Waals surface area contributed by atoms with E-state index in [1.165, 1.54) is 0 Å². The minimum absolute atomic E-state index is 0.276. The number of amides is 1. The summed E-state index contributed by atoms with van der Waals surface area (Å²) in [5.41, 5.74) is -0.299. The molecule has 0 heterocycles. The quantitative estimate of drug-likeness (QED) is 0.760. The SMILES string of the molecule is CCC(C)C(NC(=O)c1ccc(O)cc1F)C(=O)O. The van der Waals surface area contributed by atoms with Gasteiger partial charge in [0, 0.05) is 6.07 Å². The molecule has 2 atom stereocenters. The van der Waals surface area contributed by atoms with Gasteiger partial charge in [0.1, 0.15) is 17.6 Å². The van der Waals surface area contributed by atoms with Crippen LogP contribution in [0.15, 0.2) is 18.2 Å². The van der Waals surface area contributed by atoms with E-state index in [1.807, 2.05) is 0 Å². The molecule has 0 saturated carbocycles. The number of hydrogen-bond donors (Lipinski definition) is 3. The van der Waals surface area contributed by atoms with E-state index in [2.05, 4.69) is 5.32 Å². The average Bonchev–Trinajstić information content (AvgIpc) is 2.34. The van der Waals surface area contributed by atoms with Crippen molar-refractivity contribution in [2.45, 2.75) is 26.3 Å². The fourth-order valence-corrected chi connectivity index (χ4v) is 1.59. The third-order valence-corrected chi connectivity index (χ3v) is 2.96. The molecule has 19 heavy (non-hydrogen) atoms. The smallest absolute Gasteiger partial charge is 0.326 e. The van der Waals surface area contributed by atoms with Gasteiger partial charge in [0.2, 0.25) is 0 Å². The summed E-state index contributed by atoms with van der Waals surface area (Å²) in [6.45, 7) is 3.49. The van der Waals surface area contributed by atoms with Crippen LogP contribution in [0, 0.1) is 11.7 Å². The molecule has 0 fully saturated rings. The molecule has 0 aliphatic heterocycles. The van der Waals surface area contributed by atoms with Crippen molar-refractivity contribution in [1.82, 2.24) is 5.32 Å². The van der Waals surface area contributed by atoms with E-state index >= 15 is 0 Å². The Balaban J connectivity index is 2.91. The van der Waals surface area contributed by atoms with Gasteiger partial charge in [0.05, 0.1) is 5.56 Å². The Bertz CT molecular complexity index is 490. The topological polar surface area (TPSA) is 86.6 Å². The number of carboxylic acid groups (broad SMARTS) is 1. The second-order valence-electron chi connectivity index (χ2n) is 4.34. The Morgan fingerprint density at radius 2 is 2.05 bits per heavy atom. The highest BCUT2D eigenvalue weighted by Gasteiger charge is 2.26. The van der Waals surface area contributed by atoms with Crippen molar-refractivity contribution < 1.29 is 24.2 Å². The predicted molar refractivity (Wildman–Crippen MR) is 66.4 cm³/mol. The van der Waals surface area contributed by atoms with Crippen molar-refractivity contribution in [3.63, 3.8) is 0 Å². The lowest BCUT2D eigenvalue weighted by molar-refractivity contribution is -0.140. The highest BCUT2D eigenvalue weighted by molar-refractivity contribution is 5.97. The standard InChI is InChI=1S/C13H16FNO4/c1-3-7(2)11(13(18)19)15-12(17)9-5-4-8(16)6-10(9)14/h4-7,11,16H,3H2,1-2H3,(H,15,17)(H,18,19). The summed E-state index contributed by atoms with van der Waals surface area (Å²) in [7, 11) is 0. The van der Waals surface area contributed by atoms with Crippen molar-refractivity contribution >= 4 is 11.9 Å². The molecule has 0 aromatic heterocycles. The maximum Gasteiger partial charge on any atom is 0.326 e. The first-order chi connectivity index (χ1) is 8.86. The molecule has 0 bridgehead atoms. The number of aliphatic carboxylic acids is 1. The first-order valence-electron chi connectivity index (χ1n) is 5.89. The number of phenols is 1. The third-order valence-electron chi connectivity index (χ3n) is 2.96. The van der Waals surface area contributed by atoms with Crippen LogP contribution in [-0.2, 0) is 4.79 Å². The molecule has 0 spiro atoms. The number of aromatic hydroxyl groups is 1. The van der Waals surface area contributed by atoms with Crippen molar-refractivity contribution in [2.24, 2.45) is 5.92 Å². The number of halogens is 1. The van der Waals surface area contributed by atoms with Crippen molar-refractivity contribution in [2.75, 3.05) is 0 Å². The Kier molecular flexibility index (Phi) is 4.86. The fraction of sp³-hybridized carbons (Fsp3) is 0.385. The van der Waals surface area contributed by atoms with Crippen LogP contribution >= 0.6 is 0 Å². The Hall–Kier alpha value is -2.11. The number of carboxylic acids is 1. The monoisotopic (exact) mass is 269 g/mol. The summed E-state index contributed by atoms with van der Waals surface area (Å²) in [5.74, 6) is -3.45. The van der Waals surface area contributed by atoms with Gasteiger partial charge in [-0.05, 0) is 18.1 Å². The number of benzene rings is 1. The summed E-state index contributed by atoms with van der Waals surface area (Å²) >= 11 is 0. The van der Waals surface area contributed by atoms with Crippen LogP contribution in [0.1, 0.15) is 30.6 Å². The maximum absolute atomic E-state index is 13.5. The van der Waals surface area contributed by atoms with Crippen LogP contribution < -0.4 is 5.32 Å². The van der Waals surface area contributed by atoms with Gasteiger partial charge in [-0.1, -0.05) is 20.3 Å². The van der Waals surface area contributed by atoms with E-state index in [4.69, 9.17) is 10.2 Å². The van der Waals surface area contributed by atoms with E-state index in [1.54, 1.807) is 13.8 Å². The van der Waals surface area contributed by atoms with E-state index in [0.717, 1.165) is 18.2 Å². The zero-order valence-corrected chi connectivity index (χ0v) is 10.7. The lowest BCUT2D eigenvalue weighted by Gasteiger charge is -2.20. The number of phenolic OH excluding ortho intramolecular Hbond substituents is 1. The van der Waals surface area contributed by atoms with Crippen LogP contribution in [-0.4, -0.2) is 28.1 Å². The minimum Gasteiger partial charge on any atom is -0.508 e. The molecule has 2 unspecified atom stereocenters. The first kappa shape index (κ1) is 14.9. The van der Waals surface area contributed by atoms with Crippen LogP contribution in [0.4, 0.5) is 4.39 Å². The molecule has 0 aliphatic rings. The lowest BCUT2D eigenvalue weighted by Crippen LogP contribution is -2.45. The van der Waals surface area contributed by atoms with Gasteiger partial charge in [-0.2, -0.15) is 0 Å². The summed E-state index contributed by atoms with van der Waals surface area (Å²) in [4.78, 5) is 22.9. The first-order valence-corrected chi connectivity index (χ1v) is 5.89. The summed E-state index contributed by atoms with van der Waals surface area (Å²) in [6, 6.07) is 1.99. The largest absolute Gasteiger partial charge is 0.508 e. The molecule has 6 heteroatoms. The van der Waals surface area contributed by atoms with E-state index in [0.29, 0.717) is 6.42 Å². The molecule has 5 nitrogen and oxygen atoms in total. The number of nitrogens with one attached hydrogen (secondary N) is 1. The van der Waals surface area contributed by atoms with Gasteiger partial charge in [0.25, 0.3) is 5.91 Å². The maximum atomic E-state index is 13.5. The highest BCUT2D eigenvalue weighted by atomic mass is 19.1.